The molecule has 0 saturated heterocycles. The van der Waals surface area contributed by atoms with E-state index in [1.54, 1.807) is 12.5 Å². The highest BCUT2D eigenvalue weighted by Gasteiger charge is 1.95. The van der Waals surface area contributed by atoms with Crippen molar-refractivity contribution in [1.29, 1.82) is 0 Å². The fourth-order valence-corrected chi connectivity index (χ4v) is 0.832. The molecule has 1 aromatic heterocycles. The molecule has 0 atom stereocenters. The molecule has 0 bridgehead atoms. The zero-order valence-electron chi connectivity index (χ0n) is 6.51. The molecule has 0 amide bonds. The topological polar surface area (TPSA) is 55.1 Å². The Bertz CT molecular complexity index is 223. The van der Waals surface area contributed by atoms with Gasteiger partial charge < -0.3 is 9.67 Å². The number of imidazole rings is 1. The summed E-state index contributed by atoms with van der Waals surface area (Å²) in [6.07, 6.45) is 6.06. The number of carboxylic acids is 1. The standard InChI is InChI=1S/C7H10N2O2.ClH/c10-7(11)2-1-4-9-5-3-8-6-9;/h3,5-6H,1-2,4H2,(H,10,11);1H. The van der Waals surface area contributed by atoms with Gasteiger partial charge in [-0.25, -0.2) is 4.98 Å². The molecular weight excluding hydrogens is 180 g/mol. The number of aromatic nitrogens is 2. The maximum absolute atomic E-state index is 10.1. The van der Waals surface area contributed by atoms with Crippen molar-refractivity contribution in [1.82, 2.24) is 9.55 Å². The van der Waals surface area contributed by atoms with Gasteiger partial charge in [0.25, 0.3) is 0 Å². The summed E-state index contributed by atoms with van der Waals surface area (Å²) in [7, 11) is 0. The number of nitrogens with zero attached hydrogens (tertiary/aromatic N) is 2. The molecular formula is C7H11ClN2O2. The number of rotatable bonds is 4. The van der Waals surface area contributed by atoms with Gasteiger partial charge in [-0.1, -0.05) is 0 Å². The third-order valence-electron chi connectivity index (χ3n) is 1.37. The summed E-state index contributed by atoms with van der Waals surface area (Å²) in [5.41, 5.74) is 0. The van der Waals surface area contributed by atoms with Gasteiger partial charge in [-0.15, -0.1) is 12.4 Å². The van der Waals surface area contributed by atoms with E-state index in [0.717, 1.165) is 6.54 Å². The molecule has 0 radical (unpaired) electrons. The quantitative estimate of drug-likeness (QED) is 0.776. The first kappa shape index (κ1) is 11.0. The molecule has 0 spiro atoms. The Balaban J connectivity index is 0.00000121. The van der Waals surface area contributed by atoms with Gasteiger partial charge in [-0.3, -0.25) is 4.79 Å². The summed E-state index contributed by atoms with van der Waals surface area (Å²) in [4.78, 5) is 13.9. The molecule has 68 valence electrons. The number of carboxylic acid groups (broad SMARTS) is 1. The van der Waals surface area contributed by atoms with Crippen LogP contribution in [-0.4, -0.2) is 20.6 Å². The molecule has 1 heterocycles. The van der Waals surface area contributed by atoms with E-state index < -0.39 is 5.97 Å². The molecule has 0 saturated carbocycles. The minimum Gasteiger partial charge on any atom is -0.481 e. The number of aryl methyl sites for hydroxylation is 1. The number of aliphatic carboxylic acids is 1. The zero-order valence-corrected chi connectivity index (χ0v) is 7.33. The Hall–Kier alpha value is -1.03. The lowest BCUT2D eigenvalue weighted by atomic mass is 10.3. The van der Waals surface area contributed by atoms with Gasteiger partial charge in [0.1, 0.15) is 0 Å². The fourth-order valence-electron chi connectivity index (χ4n) is 0.832. The SMILES string of the molecule is Cl.O=C(O)CCCn1ccnc1. The van der Waals surface area contributed by atoms with Gasteiger partial charge in [0.15, 0.2) is 0 Å². The number of carbonyl (C=O) groups is 1. The molecule has 5 heteroatoms. The number of hydrogen-bond donors (Lipinski definition) is 1. The van der Waals surface area contributed by atoms with Crippen molar-refractivity contribution in [3.63, 3.8) is 0 Å². The van der Waals surface area contributed by atoms with E-state index in [-0.39, 0.29) is 18.8 Å². The van der Waals surface area contributed by atoms with Crippen LogP contribution in [0.5, 0.6) is 0 Å². The smallest absolute Gasteiger partial charge is 0.303 e. The van der Waals surface area contributed by atoms with E-state index in [0.29, 0.717) is 6.42 Å². The van der Waals surface area contributed by atoms with Crippen molar-refractivity contribution in [2.45, 2.75) is 19.4 Å². The van der Waals surface area contributed by atoms with Crippen molar-refractivity contribution in [2.24, 2.45) is 0 Å². The average molecular weight is 191 g/mol. The Kier molecular flexibility index (Phi) is 5.12. The van der Waals surface area contributed by atoms with E-state index >= 15 is 0 Å². The normalized spacial score (nSPS) is 9.00. The maximum atomic E-state index is 10.1. The van der Waals surface area contributed by atoms with Gasteiger partial charge in [0.2, 0.25) is 0 Å². The predicted octanol–water partition coefficient (Wildman–Crippen LogP) is 1.17. The molecule has 0 aliphatic rings. The first-order chi connectivity index (χ1) is 5.29. The van der Waals surface area contributed by atoms with Crippen LogP contribution in [0.2, 0.25) is 0 Å². The summed E-state index contributed by atoms with van der Waals surface area (Å²) >= 11 is 0. The van der Waals surface area contributed by atoms with E-state index in [2.05, 4.69) is 4.98 Å². The van der Waals surface area contributed by atoms with Crippen LogP contribution < -0.4 is 0 Å². The minimum absolute atomic E-state index is 0. The molecule has 1 N–H and O–H groups in total. The molecule has 0 aliphatic carbocycles. The molecule has 12 heavy (non-hydrogen) atoms. The Morgan fingerprint density at radius 1 is 1.58 bits per heavy atom. The molecule has 0 aliphatic heterocycles. The lowest BCUT2D eigenvalue weighted by molar-refractivity contribution is -0.137. The van der Waals surface area contributed by atoms with Gasteiger partial charge in [-0.2, -0.15) is 0 Å². The second kappa shape index (κ2) is 5.60. The summed E-state index contributed by atoms with van der Waals surface area (Å²) < 4.78 is 1.86. The summed E-state index contributed by atoms with van der Waals surface area (Å²) in [6.45, 7) is 0.728. The summed E-state index contributed by atoms with van der Waals surface area (Å²) in [5.74, 6) is -0.745. The van der Waals surface area contributed by atoms with E-state index in [9.17, 15) is 4.79 Å². The van der Waals surface area contributed by atoms with Crippen LogP contribution in [0.15, 0.2) is 18.7 Å². The Morgan fingerprint density at radius 3 is 2.83 bits per heavy atom. The van der Waals surface area contributed by atoms with E-state index in [1.165, 1.54) is 0 Å². The van der Waals surface area contributed by atoms with Crippen LogP contribution in [-0.2, 0) is 11.3 Å². The zero-order chi connectivity index (χ0) is 8.10. The summed E-state index contributed by atoms with van der Waals surface area (Å²) in [6, 6.07) is 0. The van der Waals surface area contributed by atoms with Crippen molar-refractivity contribution >= 4 is 18.4 Å². The van der Waals surface area contributed by atoms with Gasteiger partial charge in [0.05, 0.1) is 6.33 Å². The third-order valence-corrected chi connectivity index (χ3v) is 1.37. The Morgan fingerprint density at radius 2 is 2.33 bits per heavy atom. The lowest BCUT2D eigenvalue weighted by Gasteiger charge is -1.97. The summed E-state index contributed by atoms with van der Waals surface area (Å²) in [5, 5.41) is 8.32. The largest absolute Gasteiger partial charge is 0.481 e. The van der Waals surface area contributed by atoms with Crippen molar-refractivity contribution < 1.29 is 9.90 Å². The first-order valence-electron chi connectivity index (χ1n) is 3.46. The van der Waals surface area contributed by atoms with Gasteiger partial charge >= 0.3 is 5.97 Å². The fraction of sp³-hybridized carbons (Fsp3) is 0.429. The highest BCUT2D eigenvalue weighted by Crippen LogP contribution is 1.94. The van der Waals surface area contributed by atoms with Crippen LogP contribution in [0.4, 0.5) is 0 Å². The molecule has 4 nitrogen and oxygen atoms in total. The van der Waals surface area contributed by atoms with Crippen LogP contribution >= 0.6 is 12.4 Å². The Labute approximate surface area is 76.6 Å². The number of halogens is 1. The van der Waals surface area contributed by atoms with E-state index in [1.807, 2.05) is 10.8 Å². The van der Waals surface area contributed by atoms with Crippen molar-refractivity contribution in [2.75, 3.05) is 0 Å². The van der Waals surface area contributed by atoms with E-state index in [4.69, 9.17) is 5.11 Å². The molecule has 0 fully saturated rings. The maximum Gasteiger partial charge on any atom is 0.303 e. The lowest BCUT2D eigenvalue weighted by Crippen LogP contribution is -1.99. The van der Waals surface area contributed by atoms with Crippen LogP contribution in [0.3, 0.4) is 0 Å². The monoisotopic (exact) mass is 190 g/mol. The molecule has 0 unspecified atom stereocenters. The third kappa shape index (κ3) is 3.98. The minimum atomic E-state index is -0.745. The van der Waals surface area contributed by atoms with Crippen molar-refractivity contribution in [3.05, 3.63) is 18.7 Å². The predicted molar refractivity (Wildman–Crippen MR) is 46.3 cm³/mol. The van der Waals surface area contributed by atoms with Crippen molar-refractivity contribution in [3.8, 4) is 0 Å². The average Bonchev–Trinajstić information content (AvgIpc) is 2.39. The molecule has 1 rings (SSSR count). The highest BCUT2D eigenvalue weighted by molar-refractivity contribution is 5.85. The van der Waals surface area contributed by atoms with Gasteiger partial charge in [-0.05, 0) is 6.42 Å². The second-order valence-corrected chi connectivity index (χ2v) is 2.30. The van der Waals surface area contributed by atoms with Gasteiger partial charge in [0, 0.05) is 25.4 Å². The first-order valence-corrected chi connectivity index (χ1v) is 3.46. The van der Waals surface area contributed by atoms with Crippen LogP contribution in [0.25, 0.3) is 0 Å². The second-order valence-electron chi connectivity index (χ2n) is 2.30. The highest BCUT2D eigenvalue weighted by atomic mass is 35.5. The molecule has 1 aromatic rings. The van der Waals surface area contributed by atoms with Crippen LogP contribution in [0, 0.1) is 0 Å². The number of hydrogen-bond acceptors (Lipinski definition) is 2. The van der Waals surface area contributed by atoms with Crippen LogP contribution in [0.1, 0.15) is 12.8 Å². The molecule has 0 aromatic carbocycles.